The molecular weight excluding hydrogens is 229 g/mol. The summed E-state index contributed by atoms with van der Waals surface area (Å²) >= 11 is 0. The van der Waals surface area contributed by atoms with Crippen LogP contribution >= 0.6 is 0 Å². The third kappa shape index (κ3) is 3.21. The fourth-order valence-electron chi connectivity index (χ4n) is 2.32. The number of hydrogen-bond donors (Lipinski definition) is 1. The van der Waals surface area contributed by atoms with E-state index in [9.17, 15) is 4.39 Å². The van der Waals surface area contributed by atoms with Crippen molar-refractivity contribution < 1.29 is 4.39 Å². The molecule has 1 aliphatic rings. The van der Waals surface area contributed by atoms with E-state index in [1.165, 1.54) is 12.1 Å². The molecule has 0 saturated carbocycles. The van der Waals surface area contributed by atoms with Crippen molar-refractivity contribution in [3.8, 4) is 6.07 Å². The van der Waals surface area contributed by atoms with Crippen molar-refractivity contribution in [2.45, 2.75) is 19.4 Å². The van der Waals surface area contributed by atoms with Crippen molar-refractivity contribution in [2.24, 2.45) is 5.92 Å². The Bertz CT molecular complexity index is 424. The highest BCUT2D eigenvalue weighted by Gasteiger charge is 2.21. The van der Waals surface area contributed by atoms with Gasteiger partial charge in [0.25, 0.3) is 0 Å². The molecule has 4 heteroatoms. The molecule has 0 radical (unpaired) electrons. The van der Waals surface area contributed by atoms with Crippen LogP contribution in [-0.4, -0.2) is 25.7 Å². The molecule has 1 saturated heterocycles. The molecule has 0 spiro atoms. The lowest BCUT2D eigenvalue weighted by Crippen LogP contribution is -2.37. The molecule has 2 unspecified atom stereocenters. The van der Waals surface area contributed by atoms with Gasteiger partial charge >= 0.3 is 0 Å². The summed E-state index contributed by atoms with van der Waals surface area (Å²) in [7, 11) is 0. The van der Waals surface area contributed by atoms with Gasteiger partial charge in [0.1, 0.15) is 5.82 Å². The average molecular weight is 247 g/mol. The summed E-state index contributed by atoms with van der Waals surface area (Å²) in [4.78, 5) is 2.23. The molecule has 2 rings (SSSR count). The van der Waals surface area contributed by atoms with E-state index in [1.807, 2.05) is 0 Å². The van der Waals surface area contributed by atoms with Gasteiger partial charge in [0.2, 0.25) is 0 Å². The Hall–Kier alpha value is -1.60. The molecule has 1 N–H and O–H groups in total. The molecule has 1 fully saturated rings. The van der Waals surface area contributed by atoms with Gasteiger partial charge in [-0.25, -0.2) is 4.39 Å². The maximum absolute atomic E-state index is 12.9. The molecule has 2 atom stereocenters. The number of benzene rings is 1. The Labute approximate surface area is 107 Å². The minimum atomic E-state index is -0.215. The summed E-state index contributed by atoms with van der Waals surface area (Å²) < 4.78 is 12.9. The number of halogens is 1. The first-order valence-electron chi connectivity index (χ1n) is 6.30. The first-order chi connectivity index (χ1) is 8.69. The average Bonchev–Trinajstić information content (AvgIpc) is 2.53. The summed E-state index contributed by atoms with van der Waals surface area (Å²) in [5, 5.41) is 12.2. The molecule has 0 aromatic heterocycles. The van der Waals surface area contributed by atoms with Crippen molar-refractivity contribution in [3.05, 3.63) is 30.1 Å². The minimum absolute atomic E-state index is 0.185. The Morgan fingerprint density at radius 1 is 1.39 bits per heavy atom. The number of nitriles is 1. The maximum Gasteiger partial charge on any atom is 0.123 e. The quantitative estimate of drug-likeness (QED) is 0.870. The van der Waals surface area contributed by atoms with Crippen LogP contribution in [0.3, 0.4) is 0 Å². The van der Waals surface area contributed by atoms with Gasteiger partial charge in [0.05, 0.1) is 12.5 Å². The summed E-state index contributed by atoms with van der Waals surface area (Å²) in [6, 6.07) is 8.97. The van der Waals surface area contributed by atoms with Crippen LogP contribution in [-0.2, 0) is 0 Å². The standard InChI is InChI=1S/C14H18FN3/c1-11-8-17-13(6-7-16)10-18(9-11)14-4-2-12(15)3-5-14/h2-5,11,13,17H,6,8-10H2,1H3. The fourth-order valence-corrected chi connectivity index (χ4v) is 2.32. The topological polar surface area (TPSA) is 39.1 Å². The van der Waals surface area contributed by atoms with Crippen LogP contribution in [0, 0.1) is 23.1 Å². The SMILES string of the molecule is CC1CNC(CC#N)CN(c2ccc(F)cc2)C1. The number of anilines is 1. The highest BCUT2D eigenvalue weighted by atomic mass is 19.1. The van der Waals surface area contributed by atoms with Crippen molar-refractivity contribution >= 4 is 5.69 Å². The maximum atomic E-state index is 12.9. The van der Waals surface area contributed by atoms with E-state index in [0.29, 0.717) is 12.3 Å². The number of hydrogen-bond acceptors (Lipinski definition) is 3. The van der Waals surface area contributed by atoms with Crippen LogP contribution in [0.5, 0.6) is 0 Å². The van der Waals surface area contributed by atoms with Gasteiger partial charge in [-0.3, -0.25) is 0 Å². The van der Waals surface area contributed by atoms with Crippen molar-refractivity contribution in [2.75, 3.05) is 24.5 Å². The Morgan fingerprint density at radius 2 is 2.11 bits per heavy atom. The van der Waals surface area contributed by atoms with Gasteiger partial charge in [-0.2, -0.15) is 5.26 Å². The predicted molar refractivity (Wildman–Crippen MR) is 69.8 cm³/mol. The Kier molecular flexibility index (Phi) is 4.16. The van der Waals surface area contributed by atoms with E-state index in [1.54, 1.807) is 12.1 Å². The van der Waals surface area contributed by atoms with E-state index in [4.69, 9.17) is 5.26 Å². The highest BCUT2D eigenvalue weighted by molar-refractivity contribution is 5.46. The predicted octanol–water partition coefficient (Wildman–Crippen LogP) is 2.15. The Morgan fingerprint density at radius 3 is 2.78 bits per heavy atom. The Balaban J connectivity index is 2.13. The molecule has 18 heavy (non-hydrogen) atoms. The molecule has 96 valence electrons. The van der Waals surface area contributed by atoms with E-state index in [2.05, 4.69) is 23.2 Å². The van der Waals surface area contributed by atoms with E-state index in [-0.39, 0.29) is 11.9 Å². The second kappa shape index (κ2) is 5.83. The molecule has 1 aromatic rings. The summed E-state index contributed by atoms with van der Waals surface area (Å²) in [6.45, 7) is 4.83. The molecular formula is C14H18FN3. The van der Waals surface area contributed by atoms with Crippen LogP contribution in [0.15, 0.2) is 24.3 Å². The molecule has 0 bridgehead atoms. The van der Waals surface area contributed by atoms with Crippen LogP contribution in [0.2, 0.25) is 0 Å². The molecule has 0 amide bonds. The van der Waals surface area contributed by atoms with Crippen molar-refractivity contribution in [1.29, 1.82) is 5.26 Å². The molecule has 0 aliphatic carbocycles. The molecule has 1 heterocycles. The molecule has 1 aromatic carbocycles. The monoisotopic (exact) mass is 247 g/mol. The lowest BCUT2D eigenvalue weighted by molar-refractivity contribution is 0.509. The van der Waals surface area contributed by atoms with Crippen LogP contribution < -0.4 is 10.2 Å². The van der Waals surface area contributed by atoms with Crippen LogP contribution in [0.25, 0.3) is 0 Å². The van der Waals surface area contributed by atoms with E-state index >= 15 is 0 Å². The molecule has 1 aliphatic heterocycles. The second-order valence-corrected chi connectivity index (χ2v) is 4.95. The first-order valence-corrected chi connectivity index (χ1v) is 6.30. The second-order valence-electron chi connectivity index (χ2n) is 4.95. The number of nitrogens with zero attached hydrogens (tertiary/aromatic N) is 2. The third-order valence-corrected chi connectivity index (χ3v) is 3.26. The van der Waals surface area contributed by atoms with Crippen LogP contribution in [0.4, 0.5) is 10.1 Å². The van der Waals surface area contributed by atoms with Gasteiger partial charge in [-0.15, -0.1) is 0 Å². The lowest BCUT2D eigenvalue weighted by Gasteiger charge is -2.26. The summed E-state index contributed by atoms with van der Waals surface area (Å²) in [5.74, 6) is 0.298. The van der Waals surface area contributed by atoms with Gasteiger partial charge in [-0.05, 0) is 36.7 Å². The van der Waals surface area contributed by atoms with E-state index < -0.39 is 0 Å². The zero-order valence-electron chi connectivity index (χ0n) is 10.6. The first kappa shape index (κ1) is 12.8. The largest absolute Gasteiger partial charge is 0.370 e. The fraction of sp³-hybridized carbons (Fsp3) is 0.500. The summed E-state index contributed by atoms with van der Waals surface area (Å²) in [5.41, 5.74) is 1.02. The smallest absolute Gasteiger partial charge is 0.123 e. The van der Waals surface area contributed by atoms with E-state index in [0.717, 1.165) is 25.3 Å². The van der Waals surface area contributed by atoms with Crippen LogP contribution in [0.1, 0.15) is 13.3 Å². The minimum Gasteiger partial charge on any atom is -0.370 e. The van der Waals surface area contributed by atoms with Crippen molar-refractivity contribution in [3.63, 3.8) is 0 Å². The number of nitrogens with one attached hydrogen (secondary N) is 1. The number of rotatable bonds is 2. The van der Waals surface area contributed by atoms with Gasteiger partial charge < -0.3 is 10.2 Å². The van der Waals surface area contributed by atoms with Gasteiger partial charge in [0.15, 0.2) is 0 Å². The third-order valence-electron chi connectivity index (χ3n) is 3.26. The summed E-state index contributed by atoms with van der Waals surface area (Å²) in [6.07, 6.45) is 0.504. The molecule has 3 nitrogen and oxygen atoms in total. The van der Waals surface area contributed by atoms with Gasteiger partial charge in [-0.1, -0.05) is 6.92 Å². The highest BCUT2D eigenvalue weighted by Crippen LogP contribution is 2.19. The normalized spacial score (nSPS) is 24.4. The van der Waals surface area contributed by atoms with Crippen molar-refractivity contribution in [1.82, 2.24) is 5.32 Å². The zero-order valence-corrected chi connectivity index (χ0v) is 10.6. The lowest BCUT2D eigenvalue weighted by atomic mass is 10.1. The zero-order chi connectivity index (χ0) is 13.0. The van der Waals surface area contributed by atoms with Gasteiger partial charge in [0, 0.05) is 24.8 Å².